The number of alkyl halides is 3. The SMILES string of the molecule is N#CCc1ccc(C(F)(F)F)cc1-c1ccc(F)cc1F. The van der Waals surface area contributed by atoms with Gasteiger partial charge >= 0.3 is 6.18 Å². The third-order valence-corrected chi connectivity index (χ3v) is 2.93. The maximum Gasteiger partial charge on any atom is 0.416 e. The first-order valence-electron chi connectivity index (χ1n) is 5.85. The summed E-state index contributed by atoms with van der Waals surface area (Å²) in [5.41, 5.74) is -0.949. The summed E-state index contributed by atoms with van der Waals surface area (Å²) < 4.78 is 64.9. The molecule has 0 aliphatic rings. The lowest BCUT2D eigenvalue weighted by atomic mass is 9.95. The molecule has 108 valence electrons. The van der Waals surface area contributed by atoms with Crippen LogP contribution in [0.2, 0.25) is 0 Å². The highest BCUT2D eigenvalue weighted by Crippen LogP contribution is 2.35. The summed E-state index contributed by atoms with van der Waals surface area (Å²) in [5, 5.41) is 8.71. The smallest absolute Gasteiger partial charge is 0.207 e. The molecule has 0 saturated carbocycles. The van der Waals surface area contributed by atoms with E-state index in [4.69, 9.17) is 5.26 Å². The Morgan fingerprint density at radius 3 is 2.24 bits per heavy atom. The van der Waals surface area contributed by atoms with E-state index >= 15 is 0 Å². The molecule has 2 aromatic carbocycles. The van der Waals surface area contributed by atoms with E-state index < -0.39 is 23.4 Å². The van der Waals surface area contributed by atoms with Crippen molar-refractivity contribution in [2.75, 3.05) is 0 Å². The van der Waals surface area contributed by atoms with Crippen molar-refractivity contribution in [3.8, 4) is 17.2 Å². The van der Waals surface area contributed by atoms with Crippen molar-refractivity contribution in [2.24, 2.45) is 0 Å². The molecule has 6 heteroatoms. The standard InChI is InChI=1S/C15H8F5N/c16-11-3-4-12(14(17)8-11)13-7-10(15(18,19)20)2-1-9(13)5-6-21/h1-4,7-8H,5H2. The number of nitrogens with zero attached hydrogens (tertiary/aromatic N) is 1. The van der Waals surface area contributed by atoms with Crippen molar-refractivity contribution >= 4 is 0 Å². The molecule has 0 atom stereocenters. The van der Waals surface area contributed by atoms with Crippen LogP contribution in [0, 0.1) is 23.0 Å². The Balaban J connectivity index is 2.66. The molecule has 0 spiro atoms. The number of benzene rings is 2. The molecule has 0 amide bonds. The van der Waals surface area contributed by atoms with Crippen LogP contribution in [0.3, 0.4) is 0 Å². The van der Waals surface area contributed by atoms with Gasteiger partial charge in [0.15, 0.2) is 0 Å². The molecule has 0 aliphatic heterocycles. The first kappa shape index (κ1) is 15.0. The maximum atomic E-state index is 13.8. The molecule has 0 aromatic heterocycles. The molecule has 2 aromatic rings. The predicted molar refractivity (Wildman–Crippen MR) is 66.1 cm³/mol. The fourth-order valence-corrected chi connectivity index (χ4v) is 1.95. The molecule has 2 rings (SSSR count). The second-order valence-corrected chi connectivity index (χ2v) is 4.33. The van der Waals surface area contributed by atoms with Gasteiger partial charge in [-0.3, -0.25) is 0 Å². The third kappa shape index (κ3) is 3.19. The van der Waals surface area contributed by atoms with Crippen LogP contribution in [0.15, 0.2) is 36.4 Å². The van der Waals surface area contributed by atoms with E-state index in [1.54, 1.807) is 6.07 Å². The van der Waals surface area contributed by atoms with E-state index in [0.717, 1.165) is 30.3 Å². The summed E-state index contributed by atoms with van der Waals surface area (Å²) in [7, 11) is 0. The van der Waals surface area contributed by atoms with Crippen LogP contribution in [0.25, 0.3) is 11.1 Å². The molecule has 1 nitrogen and oxygen atoms in total. The van der Waals surface area contributed by atoms with Crippen molar-refractivity contribution in [3.63, 3.8) is 0 Å². The summed E-state index contributed by atoms with van der Waals surface area (Å²) in [6.45, 7) is 0. The van der Waals surface area contributed by atoms with Crippen LogP contribution >= 0.6 is 0 Å². The number of halogens is 5. The first-order valence-corrected chi connectivity index (χ1v) is 5.85. The number of rotatable bonds is 2. The second kappa shape index (κ2) is 5.52. The van der Waals surface area contributed by atoms with Crippen molar-refractivity contribution in [3.05, 3.63) is 59.2 Å². The minimum absolute atomic E-state index is 0.0659. The summed E-state index contributed by atoms with van der Waals surface area (Å²) in [6, 6.07) is 7.13. The average Bonchev–Trinajstić information content (AvgIpc) is 2.39. The summed E-state index contributed by atoms with van der Waals surface area (Å²) in [4.78, 5) is 0. The molecule has 0 fully saturated rings. The molecule has 0 N–H and O–H groups in total. The molecule has 0 bridgehead atoms. The van der Waals surface area contributed by atoms with Crippen LogP contribution in [0.4, 0.5) is 22.0 Å². The van der Waals surface area contributed by atoms with Gasteiger partial charge in [0.1, 0.15) is 11.6 Å². The number of hydrogen-bond acceptors (Lipinski definition) is 1. The van der Waals surface area contributed by atoms with Crippen LogP contribution in [-0.4, -0.2) is 0 Å². The zero-order chi connectivity index (χ0) is 15.6. The number of nitriles is 1. The molecule has 21 heavy (non-hydrogen) atoms. The Hall–Kier alpha value is -2.42. The fraction of sp³-hybridized carbons (Fsp3) is 0.133. The molecule has 0 saturated heterocycles. The van der Waals surface area contributed by atoms with E-state index in [2.05, 4.69) is 0 Å². The first-order chi connectivity index (χ1) is 9.82. The Bertz CT molecular complexity index is 713. The van der Waals surface area contributed by atoms with Crippen molar-refractivity contribution in [2.45, 2.75) is 12.6 Å². The van der Waals surface area contributed by atoms with Gasteiger partial charge < -0.3 is 0 Å². The van der Waals surface area contributed by atoms with Crippen molar-refractivity contribution in [1.29, 1.82) is 5.26 Å². The highest BCUT2D eigenvalue weighted by Gasteiger charge is 2.31. The van der Waals surface area contributed by atoms with Crippen LogP contribution in [0.1, 0.15) is 11.1 Å². The van der Waals surface area contributed by atoms with Gasteiger partial charge in [-0.15, -0.1) is 0 Å². The Labute approximate surface area is 117 Å². The zero-order valence-electron chi connectivity index (χ0n) is 10.5. The Morgan fingerprint density at radius 2 is 1.67 bits per heavy atom. The number of hydrogen-bond donors (Lipinski definition) is 0. The zero-order valence-corrected chi connectivity index (χ0v) is 10.5. The van der Waals surface area contributed by atoms with Gasteiger partial charge in [0.2, 0.25) is 0 Å². The van der Waals surface area contributed by atoms with Crippen molar-refractivity contribution in [1.82, 2.24) is 0 Å². The quantitative estimate of drug-likeness (QED) is 0.736. The molecule has 0 heterocycles. The van der Waals surface area contributed by atoms with Crippen LogP contribution in [-0.2, 0) is 12.6 Å². The van der Waals surface area contributed by atoms with Gasteiger partial charge in [0.05, 0.1) is 18.1 Å². The predicted octanol–water partition coefficient (Wildman–Crippen LogP) is 4.72. The lowest BCUT2D eigenvalue weighted by molar-refractivity contribution is -0.137. The van der Waals surface area contributed by atoms with E-state index in [9.17, 15) is 22.0 Å². The third-order valence-electron chi connectivity index (χ3n) is 2.93. The van der Waals surface area contributed by atoms with E-state index in [1.807, 2.05) is 0 Å². The molecular formula is C15H8F5N. The van der Waals surface area contributed by atoms with Gasteiger partial charge in [0, 0.05) is 11.6 Å². The van der Waals surface area contributed by atoms with Crippen LogP contribution in [0.5, 0.6) is 0 Å². The second-order valence-electron chi connectivity index (χ2n) is 4.33. The molecule has 0 radical (unpaired) electrons. The topological polar surface area (TPSA) is 23.8 Å². The van der Waals surface area contributed by atoms with Crippen LogP contribution < -0.4 is 0 Å². The molecule has 0 aliphatic carbocycles. The van der Waals surface area contributed by atoms with E-state index in [-0.39, 0.29) is 23.1 Å². The fourth-order valence-electron chi connectivity index (χ4n) is 1.95. The normalized spacial score (nSPS) is 11.2. The Morgan fingerprint density at radius 1 is 0.952 bits per heavy atom. The largest absolute Gasteiger partial charge is 0.416 e. The average molecular weight is 297 g/mol. The Kier molecular flexibility index (Phi) is 3.94. The van der Waals surface area contributed by atoms with E-state index in [1.165, 1.54) is 0 Å². The summed E-state index contributed by atoms with van der Waals surface area (Å²) in [5.74, 6) is -1.81. The highest BCUT2D eigenvalue weighted by atomic mass is 19.4. The van der Waals surface area contributed by atoms with Gasteiger partial charge in [-0.2, -0.15) is 18.4 Å². The maximum absolute atomic E-state index is 13.8. The van der Waals surface area contributed by atoms with Gasteiger partial charge in [-0.05, 0) is 35.4 Å². The monoisotopic (exact) mass is 297 g/mol. The molecular weight excluding hydrogens is 289 g/mol. The lowest BCUT2D eigenvalue weighted by Crippen LogP contribution is -2.06. The summed E-state index contributed by atoms with van der Waals surface area (Å²) in [6.07, 6.45) is -4.76. The van der Waals surface area contributed by atoms with Gasteiger partial charge in [0.25, 0.3) is 0 Å². The van der Waals surface area contributed by atoms with Gasteiger partial charge in [-0.25, -0.2) is 8.78 Å². The van der Waals surface area contributed by atoms with Crippen molar-refractivity contribution < 1.29 is 22.0 Å². The minimum Gasteiger partial charge on any atom is -0.207 e. The van der Waals surface area contributed by atoms with E-state index in [0.29, 0.717) is 6.07 Å². The highest BCUT2D eigenvalue weighted by molar-refractivity contribution is 5.69. The van der Waals surface area contributed by atoms with Gasteiger partial charge in [-0.1, -0.05) is 6.07 Å². The molecule has 0 unspecified atom stereocenters. The lowest BCUT2D eigenvalue weighted by Gasteiger charge is -2.13. The minimum atomic E-state index is -4.59. The summed E-state index contributed by atoms with van der Waals surface area (Å²) >= 11 is 0.